The molecule has 1 unspecified atom stereocenters. The van der Waals surface area contributed by atoms with Crippen molar-refractivity contribution in [3.05, 3.63) is 22.9 Å². The van der Waals surface area contributed by atoms with Crippen LogP contribution in [0.4, 0.5) is 10.7 Å². The molecule has 1 saturated carbocycles. The molecule has 0 aromatic carbocycles. The van der Waals surface area contributed by atoms with E-state index in [1.807, 2.05) is 0 Å². The van der Waals surface area contributed by atoms with Crippen molar-refractivity contribution < 1.29 is 9.90 Å². The fraction of sp³-hybridized carbons (Fsp3) is 0.533. The number of amides is 1. The molecule has 1 aliphatic heterocycles. The first kappa shape index (κ1) is 16.2. The first-order chi connectivity index (χ1) is 11.1. The number of carbonyl (C=O) groups excluding carboxylic acids is 1. The van der Waals surface area contributed by atoms with E-state index in [9.17, 15) is 9.90 Å². The number of aliphatic hydroxyl groups excluding tert-OH is 1. The fourth-order valence-corrected chi connectivity index (χ4v) is 3.61. The second-order valence-electron chi connectivity index (χ2n) is 5.89. The summed E-state index contributed by atoms with van der Waals surface area (Å²) in [6.45, 7) is 0.763. The van der Waals surface area contributed by atoms with Crippen molar-refractivity contribution >= 4 is 29.0 Å². The molecular formula is C15H21N5O2S. The monoisotopic (exact) mass is 335 g/mol. The molecule has 2 fully saturated rings. The Balaban J connectivity index is 1.64. The van der Waals surface area contributed by atoms with Gasteiger partial charge in [-0.05, 0) is 62.1 Å². The van der Waals surface area contributed by atoms with Crippen molar-refractivity contribution in [1.29, 1.82) is 0 Å². The minimum absolute atomic E-state index is 0.257. The summed E-state index contributed by atoms with van der Waals surface area (Å²) >= 11 is 0.981. The van der Waals surface area contributed by atoms with Crippen molar-refractivity contribution in [2.24, 2.45) is 11.7 Å². The zero-order valence-corrected chi connectivity index (χ0v) is 13.6. The molecule has 2 heterocycles. The minimum atomic E-state index is -0.953. The van der Waals surface area contributed by atoms with Crippen LogP contribution in [0.25, 0.3) is 6.08 Å². The maximum absolute atomic E-state index is 11.2. The molecule has 0 spiro atoms. The molecule has 1 atom stereocenters. The van der Waals surface area contributed by atoms with E-state index in [-0.39, 0.29) is 5.24 Å². The summed E-state index contributed by atoms with van der Waals surface area (Å²) in [5, 5.41) is 15.2. The van der Waals surface area contributed by atoms with E-state index < -0.39 is 6.23 Å². The lowest BCUT2D eigenvalue weighted by molar-refractivity contribution is 0.192. The van der Waals surface area contributed by atoms with Gasteiger partial charge < -0.3 is 21.5 Å². The third kappa shape index (κ3) is 4.21. The molecule has 1 amide bonds. The first-order valence-corrected chi connectivity index (χ1v) is 8.63. The van der Waals surface area contributed by atoms with Crippen LogP contribution >= 0.6 is 11.8 Å². The average molecular weight is 335 g/mol. The standard InChI is InChI=1S/C15H21N5O2S/c16-8-9-1-3-10(4-2-9)18-14-17-6-5-11(19-14)7-12-13(21)20-15(22)23-12/h5-7,9-10,13,21H,1-4,8,16H2,(H,20,22)(H,17,18,19)/b12-7-. The number of thioether (sulfide) groups is 1. The van der Waals surface area contributed by atoms with Crippen LogP contribution in [0.1, 0.15) is 31.4 Å². The molecule has 1 aliphatic carbocycles. The molecule has 8 heteroatoms. The number of aromatic nitrogens is 2. The van der Waals surface area contributed by atoms with Crippen LogP contribution in [0.5, 0.6) is 0 Å². The summed E-state index contributed by atoms with van der Waals surface area (Å²) < 4.78 is 0. The van der Waals surface area contributed by atoms with Gasteiger partial charge in [-0.15, -0.1) is 0 Å². The molecule has 0 radical (unpaired) electrons. The highest BCUT2D eigenvalue weighted by Crippen LogP contribution is 2.28. The van der Waals surface area contributed by atoms with E-state index in [0.29, 0.717) is 28.5 Å². The zero-order chi connectivity index (χ0) is 16.2. The largest absolute Gasteiger partial charge is 0.369 e. The maximum atomic E-state index is 11.2. The van der Waals surface area contributed by atoms with Crippen LogP contribution in [-0.4, -0.2) is 39.1 Å². The fourth-order valence-electron chi connectivity index (χ4n) is 2.88. The van der Waals surface area contributed by atoms with Gasteiger partial charge in [0.25, 0.3) is 5.24 Å². The predicted octanol–water partition coefficient (Wildman–Crippen LogP) is 1.52. The van der Waals surface area contributed by atoms with Crippen LogP contribution in [-0.2, 0) is 0 Å². The van der Waals surface area contributed by atoms with E-state index in [2.05, 4.69) is 20.6 Å². The van der Waals surface area contributed by atoms with Crippen molar-refractivity contribution in [2.45, 2.75) is 38.0 Å². The number of hydrogen-bond acceptors (Lipinski definition) is 7. The van der Waals surface area contributed by atoms with Gasteiger partial charge in [-0.1, -0.05) is 0 Å². The Bertz CT molecular complexity index is 601. The number of nitrogens with one attached hydrogen (secondary N) is 2. The number of hydrogen-bond donors (Lipinski definition) is 4. The van der Waals surface area contributed by atoms with Gasteiger partial charge >= 0.3 is 0 Å². The van der Waals surface area contributed by atoms with Crippen LogP contribution in [0.15, 0.2) is 17.2 Å². The maximum Gasteiger partial charge on any atom is 0.285 e. The van der Waals surface area contributed by atoms with Gasteiger partial charge in [0.2, 0.25) is 5.95 Å². The lowest BCUT2D eigenvalue weighted by Crippen LogP contribution is -2.29. The summed E-state index contributed by atoms with van der Waals surface area (Å²) in [7, 11) is 0. The van der Waals surface area contributed by atoms with Gasteiger partial charge in [0.15, 0.2) is 6.23 Å². The summed E-state index contributed by atoms with van der Waals surface area (Å²) in [5.41, 5.74) is 6.38. The zero-order valence-electron chi connectivity index (χ0n) is 12.7. The minimum Gasteiger partial charge on any atom is -0.369 e. The van der Waals surface area contributed by atoms with Crippen molar-refractivity contribution in [1.82, 2.24) is 15.3 Å². The number of anilines is 1. The van der Waals surface area contributed by atoms with Gasteiger partial charge in [0, 0.05) is 17.1 Å². The normalized spacial score (nSPS) is 29.6. The second kappa shape index (κ2) is 7.29. The van der Waals surface area contributed by atoms with E-state index in [1.54, 1.807) is 18.3 Å². The predicted molar refractivity (Wildman–Crippen MR) is 90.6 cm³/mol. The van der Waals surface area contributed by atoms with Gasteiger partial charge in [-0.25, -0.2) is 9.97 Å². The molecule has 3 rings (SSSR count). The Morgan fingerprint density at radius 3 is 2.87 bits per heavy atom. The smallest absolute Gasteiger partial charge is 0.285 e. The van der Waals surface area contributed by atoms with E-state index in [0.717, 1.165) is 44.0 Å². The Morgan fingerprint density at radius 1 is 1.43 bits per heavy atom. The lowest BCUT2D eigenvalue weighted by atomic mass is 9.86. The highest BCUT2D eigenvalue weighted by Gasteiger charge is 2.25. The molecule has 5 N–H and O–H groups in total. The Morgan fingerprint density at radius 2 is 2.22 bits per heavy atom. The molecule has 124 valence electrons. The van der Waals surface area contributed by atoms with Gasteiger partial charge in [-0.2, -0.15) is 0 Å². The Hall–Kier alpha value is -1.64. The van der Waals surface area contributed by atoms with Gasteiger partial charge in [0.1, 0.15) is 0 Å². The average Bonchev–Trinajstić information content (AvgIpc) is 2.86. The molecule has 1 aromatic heterocycles. The second-order valence-corrected chi connectivity index (χ2v) is 6.93. The lowest BCUT2D eigenvalue weighted by Gasteiger charge is -2.28. The number of carbonyl (C=O) groups is 1. The number of aliphatic hydroxyl groups is 1. The molecule has 1 saturated heterocycles. The van der Waals surface area contributed by atoms with Crippen LogP contribution < -0.4 is 16.4 Å². The van der Waals surface area contributed by atoms with E-state index >= 15 is 0 Å². The van der Waals surface area contributed by atoms with Crippen molar-refractivity contribution in [2.75, 3.05) is 11.9 Å². The molecular weight excluding hydrogens is 314 g/mol. The molecule has 23 heavy (non-hydrogen) atoms. The molecule has 1 aromatic rings. The summed E-state index contributed by atoms with van der Waals surface area (Å²) in [5.74, 6) is 1.21. The quantitative estimate of drug-likeness (QED) is 0.660. The van der Waals surface area contributed by atoms with E-state index in [4.69, 9.17) is 5.73 Å². The first-order valence-electron chi connectivity index (χ1n) is 7.81. The highest BCUT2D eigenvalue weighted by molar-refractivity contribution is 8.17. The molecule has 0 bridgehead atoms. The summed E-state index contributed by atoms with van der Waals surface area (Å²) in [6.07, 6.45) is 6.83. The van der Waals surface area contributed by atoms with Crippen molar-refractivity contribution in [3.63, 3.8) is 0 Å². The van der Waals surface area contributed by atoms with Crippen LogP contribution in [0.2, 0.25) is 0 Å². The van der Waals surface area contributed by atoms with Crippen LogP contribution in [0, 0.1) is 5.92 Å². The number of rotatable bonds is 4. The number of nitrogens with zero attached hydrogens (tertiary/aromatic N) is 2. The van der Waals surface area contributed by atoms with E-state index in [1.165, 1.54) is 0 Å². The SMILES string of the molecule is NCC1CCC(Nc2nccc(/C=C3\SC(=O)NC3O)n2)CC1. The Kier molecular flexibility index (Phi) is 5.14. The third-order valence-electron chi connectivity index (χ3n) is 4.22. The third-order valence-corrected chi connectivity index (χ3v) is 5.10. The van der Waals surface area contributed by atoms with Crippen LogP contribution in [0.3, 0.4) is 0 Å². The Labute approximate surface area is 139 Å². The topological polar surface area (TPSA) is 113 Å². The summed E-state index contributed by atoms with van der Waals surface area (Å²) in [6, 6.07) is 2.12. The molecule has 7 nitrogen and oxygen atoms in total. The van der Waals surface area contributed by atoms with Crippen molar-refractivity contribution in [3.8, 4) is 0 Å². The molecule has 2 aliphatic rings. The summed E-state index contributed by atoms with van der Waals surface area (Å²) in [4.78, 5) is 20.5. The van der Waals surface area contributed by atoms with Gasteiger partial charge in [0.05, 0.1) is 5.69 Å². The highest BCUT2D eigenvalue weighted by atomic mass is 32.2. The van der Waals surface area contributed by atoms with Gasteiger partial charge in [-0.3, -0.25) is 4.79 Å². The number of nitrogens with two attached hydrogens (primary N) is 1.